The minimum Gasteiger partial charge on any atom is -0.486 e. The summed E-state index contributed by atoms with van der Waals surface area (Å²) in [6.07, 6.45) is 0. The van der Waals surface area contributed by atoms with E-state index in [1.54, 1.807) is 37.3 Å². The van der Waals surface area contributed by atoms with Crippen LogP contribution in [0.15, 0.2) is 71.6 Å². The van der Waals surface area contributed by atoms with Crippen LogP contribution in [0.4, 0.5) is 17.1 Å². The van der Waals surface area contributed by atoms with Crippen LogP contribution in [0.5, 0.6) is 11.5 Å². The van der Waals surface area contributed by atoms with Crippen LogP contribution < -0.4 is 19.5 Å². The highest BCUT2D eigenvalue weighted by atomic mass is 32.2. The van der Waals surface area contributed by atoms with Crippen molar-refractivity contribution < 1.29 is 17.9 Å². The second kappa shape index (κ2) is 7.44. The van der Waals surface area contributed by atoms with E-state index in [2.05, 4.69) is 10.0 Å². The van der Waals surface area contributed by atoms with Crippen molar-refractivity contribution in [3.8, 4) is 11.5 Å². The van der Waals surface area contributed by atoms with Crippen LogP contribution in [-0.2, 0) is 10.0 Å². The van der Waals surface area contributed by atoms with Crippen molar-refractivity contribution >= 4 is 27.1 Å². The van der Waals surface area contributed by atoms with Gasteiger partial charge in [-0.25, -0.2) is 8.42 Å². The summed E-state index contributed by atoms with van der Waals surface area (Å²) in [6.45, 7) is 2.86. The maximum atomic E-state index is 12.6. The van der Waals surface area contributed by atoms with Crippen molar-refractivity contribution in [1.82, 2.24) is 0 Å². The largest absolute Gasteiger partial charge is 0.486 e. The van der Waals surface area contributed by atoms with E-state index in [-0.39, 0.29) is 4.90 Å². The number of benzene rings is 3. The summed E-state index contributed by atoms with van der Waals surface area (Å²) < 4.78 is 38.9. The van der Waals surface area contributed by atoms with Crippen molar-refractivity contribution in [2.24, 2.45) is 0 Å². The summed E-state index contributed by atoms with van der Waals surface area (Å²) in [5, 5.41) is 3.27. The molecule has 0 unspecified atom stereocenters. The van der Waals surface area contributed by atoms with Crippen molar-refractivity contribution in [3.63, 3.8) is 0 Å². The van der Waals surface area contributed by atoms with E-state index in [0.717, 1.165) is 17.1 Å². The summed E-state index contributed by atoms with van der Waals surface area (Å²) in [4.78, 5) is 0.272. The lowest BCUT2D eigenvalue weighted by molar-refractivity contribution is 0.171. The first-order valence-electron chi connectivity index (χ1n) is 8.86. The van der Waals surface area contributed by atoms with Crippen LogP contribution in [0.25, 0.3) is 0 Å². The first-order chi connectivity index (χ1) is 13.5. The molecule has 2 N–H and O–H groups in total. The summed E-state index contributed by atoms with van der Waals surface area (Å²) in [5.74, 6) is 1.44. The predicted octanol–water partition coefficient (Wildman–Crippen LogP) is 4.31. The molecule has 0 aromatic heterocycles. The SMILES string of the molecule is Cc1ccccc1S(=O)(=O)Nc1ccc(Nc2ccc3c(c2)OCCO3)cc1. The zero-order valence-corrected chi connectivity index (χ0v) is 16.1. The number of fused-ring (bicyclic) bond motifs is 1. The molecule has 0 aliphatic carbocycles. The maximum absolute atomic E-state index is 12.6. The molecule has 3 aromatic rings. The van der Waals surface area contributed by atoms with Crippen LogP contribution in [0.2, 0.25) is 0 Å². The molecule has 28 heavy (non-hydrogen) atoms. The Balaban J connectivity index is 1.48. The lowest BCUT2D eigenvalue weighted by atomic mass is 10.2. The Hall–Kier alpha value is -3.19. The number of ether oxygens (including phenoxy) is 2. The van der Waals surface area contributed by atoms with Crippen molar-refractivity contribution in [3.05, 3.63) is 72.3 Å². The molecule has 1 aliphatic rings. The van der Waals surface area contributed by atoms with Gasteiger partial charge in [-0.2, -0.15) is 0 Å². The van der Waals surface area contributed by atoms with Gasteiger partial charge in [0.05, 0.1) is 4.90 Å². The van der Waals surface area contributed by atoms with E-state index in [0.29, 0.717) is 30.2 Å². The van der Waals surface area contributed by atoms with Gasteiger partial charge in [0.1, 0.15) is 13.2 Å². The monoisotopic (exact) mass is 396 g/mol. The molecule has 1 aliphatic heterocycles. The minimum absolute atomic E-state index is 0.272. The molecule has 3 aromatic carbocycles. The summed E-state index contributed by atoms with van der Waals surface area (Å²) in [6, 6.07) is 19.6. The third-order valence-corrected chi connectivity index (χ3v) is 5.89. The Bertz CT molecular complexity index is 1100. The minimum atomic E-state index is -3.63. The fourth-order valence-electron chi connectivity index (χ4n) is 2.98. The third kappa shape index (κ3) is 3.89. The van der Waals surface area contributed by atoms with Crippen LogP contribution >= 0.6 is 0 Å². The molecule has 4 rings (SSSR count). The van der Waals surface area contributed by atoms with Gasteiger partial charge in [0, 0.05) is 23.1 Å². The smallest absolute Gasteiger partial charge is 0.262 e. The number of aryl methyl sites for hydroxylation is 1. The molecular formula is C21H20N2O4S. The fraction of sp³-hybridized carbons (Fsp3) is 0.143. The first-order valence-corrected chi connectivity index (χ1v) is 10.3. The van der Waals surface area contributed by atoms with Gasteiger partial charge in [-0.3, -0.25) is 4.72 Å². The number of rotatable bonds is 5. The molecule has 7 heteroatoms. The fourth-order valence-corrected chi connectivity index (χ4v) is 4.28. The molecule has 0 atom stereocenters. The molecule has 0 radical (unpaired) electrons. The molecule has 0 spiro atoms. The van der Waals surface area contributed by atoms with E-state index < -0.39 is 10.0 Å². The zero-order chi connectivity index (χ0) is 19.6. The Kier molecular flexibility index (Phi) is 4.83. The van der Waals surface area contributed by atoms with Gasteiger partial charge in [-0.15, -0.1) is 0 Å². The molecule has 0 fully saturated rings. The van der Waals surface area contributed by atoms with Crippen molar-refractivity contribution in [2.75, 3.05) is 23.3 Å². The van der Waals surface area contributed by atoms with Crippen molar-refractivity contribution in [1.29, 1.82) is 0 Å². The van der Waals surface area contributed by atoms with Crippen LogP contribution in [0.3, 0.4) is 0 Å². The topological polar surface area (TPSA) is 76.7 Å². The van der Waals surface area contributed by atoms with E-state index >= 15 is 0 Å². The number of anilines is 3. The average molecular weight is 396 g/mol. The number of sulfonamides is 1. The quantitative estimate of drug-likeness (QED) is 0.672. The summed E-state index contributed by atoms with van der Waals surface area (Å²) in [5.41, 5.74) is 2.89. The Labute approximate surface area is 164 Å². The highest BCUT2D eigenvalue weighted by Crippen LogP contribution is 2.33. The molecule has 0 saturated carbocycles. The number of nitrogens with one attached hydrogen (secondary N) is 2. The molecule has 1 heterocycles. The molecular weight excluding hydrogens is 376 g/mol. The predicted molar refractivity (Wildman–Crippen MR) is 109 cm³/mol. The van der Waals surface area contributed by atoms with Gasteiger partial charge < -0.3 is 14.8 Å². The Morgan fingerprint density at radius 2 is 1.43 bits per heavy atom. The van der Waals surface area contributed by atoms with Gasteiger partial charge >= 0.3 is 0 Å². The second-order valence-electron chi connectivity index (χ2n) is 6.43. The van der Waals surface area contributed by atoms with Crippen LogP contribution in [-0.4, -0.2) is 21.6 Å². The number of hydrogen-bond donors (Lipinski definition) is 2. The second-order valence-corrected chi connectivity index (χ2v) is 8.08. The summed E-state index contributed by atoms with van der Waals surface area (Å²) >= 11 is 0. The van der Waals surface area contributed by atoms with E-state index in [4.69, 9.17) is 9.47 Å². The van der Waals surface area contributed by atoms with E-state index in [1.807, 2.05) is 36.4 Å². The van der Waals surface area contributed by atoms with E-state index in [1.165, 1.54) is 0 Å². The Morgan fingerprint density at radius 1 is 0.786 bits per heavy atom. The zero-order valence-electron chi connectivity index (χ0n) is 15.3. The molecule has 144 valence electrons. The molecule has 6 nitrogen and oxygen atoms in total. The van der Waals surface area contributed by atoms with Gasteiger partial charge in [-0.05, 0) is 55.0 Å². The van der Waals surface area contributed by atoms with Gasteiger partial charge in [0.2, 0.25) is 0 Å². The average Bonchev–Trinajstić information content (AvgIpc) is 2.69. The molecule has 0 saturated heterocycles. The lowest BCUT2D eigenvalue weighted by Crippen LogP contribution is -2.15. The van der Waals surface area contributed by atoms with Gasteiger partial charge in [0.25, 0.3) is 10.0 Å². The van der Waals surface area contributed by atoms with Crippen LogP contribution in [0, 0.1) is 6.92 Å². The highest BCUT2D eigenvalue weighted by Gasteiger charge is 2.16. The number of hydrogen-bond acceptors (Lipinski definition) is 5. The van der Waals surface area contributed by atoms with Gasteiger partial charge in [0.15, 0.2) is 11.5 Å². The van der Waals surface area contributed by atoms with Crippen LogP contribution in [0.1, 0.15) is 5.56 Å². The third-order valence-electron chi connectivity index (χ3n) is 4.35. The highest BCUT2D eigenvalue weighted by molar-refractivity contribution is 7.92. The Morgan fingerprint density at radius 3 is 2.18 bits per heavy atom. The normalized spacial score (nSPS) is 13.0. The standard InChI is InChI=1S/C21H20N2O4S/c1-15-4-2-3-5-21(15)28(24,25)23-17-8-6-16(7-9-17)22-18-10-11-19-20(14-18)27-13-12-26-19/h2-11,14,22-23H,12-13H2,1H3. The van der Waals surface area contributed by atoms with Gasteiger partial charge in [-0.1, -0.05) is 18.2 Å². The van der Waals surface area contributed by atoms with E-state index in [9.17, 15) is 8.42 Å². The molecule has 0 bridgehead atoms. The molecule has 0 amide bonds. The maximum Gasteiger partial charge on any atom is 0.262 e. The first kappa shape index (κ1) is 18.2. The lowest BCUT2D eigenvalue weighted by Gasteiger charge is -2.19. The summed E-state index contributed by atoms with van der Waals surface area (Å²) in [7, 11) is -3.63. The van der Waals surface area contributed by atoms with Crippen molar-refractivity contribution in [2.45, 2.75) is 11.8 Å².